The number of hydrogen-bond acceptors (Lipinski definition) is 4. The molecule has 0 bridgehead atoms. The number of amides is 1. The van der Waals surface area contributed by atoms with E-state index in [4.69, 9.17) is 14.6 Å². The highest BCUT2D eigenvalue weighted by atomic mass is 19.2. The summed E-state index contributed by atoms with van der Waals surface area (Å²) in [6, 6.07) is 2.70. The zero-order chi connectivity index (χ0) is 17.7. The lowest BCUT2D eigenvalue weighted by Gasteiger charge is -2.34. The Morgan fingerprint density at radius 1 is 1.33 bits per heavy atom. The van der Waals surface area contributed by atoms with E-state index in [1.165, 1.54) is 17.9 Å². The molecule has 0 spiro atoms. The first kappa shape index (κ1) is 18.1. The molecule has 1 N–H and O–H groups in total. The average molecular weight is 343 g/mol. The van der Waals surface area contributed by atoms with Gasteiger partial charge in [-0.05, 0) is 31.9 Å². The molecule has 6 nitrogen and oxygen atoms in total. The molecule has 1 aromatic carbocycles. The predicted molar refractivity (Wildman–Crippen MR) is 79.6 cm³/mol. The van der Waals surface area contributed by atoms with E-state index < -0.39 is 36.2 Å². The van der Waals surface area contributed by atoms with Gasteiger partial charge in [0.2, 0.25) is 0 Å². The molecule has 0 unspecified atom stereocenters. The van der Waals surface area contributed by atoms with Crippen LogP contribution in [0.5, 0.6) is 5.75 Å². The number of carboxylic acids is 1. The number of carbonyl (C=O) groups excluding carboxylic acids is 1. The van der Waals surface area contributed by atoms with Gasteiger partial charge in [0.05, 0.1) is 0 Å². The molecule has 1 aliphatic heterocycles. The van der Waals surface area contributed by atoms with Gasteiger partial charge in [-0.3, -0.25) is 9.59 Å². The lowest BCUT2D eigenvalue weighted by molar-refractivity contribution is -0.151. The molecule has 132 valence electrons. The Morgan fingerprint density at radius 2 is 2.00 bits per heavy atom. The molecule has 0 aromatic heterocycles. The highest BCUT2D eigenvalue weighted by Crippen LogP contribution is 2.20. The summed E-state index contributed by atoms with van der Waals surface area (Å²) in [7, 11) is 0. The van der Waals surface area contributed by atoms with Gasteiger partial charge in [-0.2, -0.15) is 0 Å². The van der Waals surface area contributed by atoms with Crippen LogP contribution in [0.25, 0.3) is 0 Å². The summed E-state index contributed by atoms with van der Waals surface area (Å²) >= 11 is 0. The van der Waals surface area contributed by atoms with E-state index in [1.807, 2.05) is 0 Å². The second-order valence-corrected chi connectivity index (χ2v) is 5.54. The third-order valence-corrected chi connectivity index (χ3v) is 3.77. The second kappa shape index (κ2) is 8.05. The Hall–Kier alpha value is -2.22. The molecule has 8 heteroatoms. The maximum Gasteiger partial charge on any atom is 0.323 e. The van der Waals surface area contributed by atoms with Gasteiger partial charge in [0.1, 0.15) is 12.3 Å². The normalized spacial score (nSPS) is 16.5. The zero-order valence-corrected chi connectivity index (χ0v) is 13.2. The van der Waals surface area contributed by atoms with Gasteiger partial charge >= 0.3 is 5.97 Å². The lowest BCUT2D eigenvalue weighted by atomic mass is 10.1. The SMILES string of the molecule is C[C@@H](Oc1ccc(F)c(F)c1)C(=O)N(CC(=O)O)C1CCOCC1. The minimum absolute atomic E-state index is 0.00278. The topological polar surface area (TPSA) is 76.1 Å². The summed E-state index contributed by atoms with van der Waals surface area (Å²) in [5, 5.41) is 9.04. The molecular formula is C16H19F2NO5. The Morgan fingerprint density at radius 3 is 2.58 bits per heavy atom. The van der Waals surface area contributed by atoms with Crippen molar-refractivity contribution in [3.63, 3.8) is 0 Å². The van der Waals surface area contributed by atoms with Gasteiger partial charge < -0.3 is 19.5 Å². The van der Waals surface area contributed by atoms with Gasteiger partial charge in [0, 0.05) is 25.3 Å². The van der Waals surface area contributed by atoms with E-state index >= 15 is 0 Å². The van der Waals surface area contributed by atoms with Crippen molar-refractivity contribution in [3.05, 3.63) is 29.8 Å². The summed E-state index contributed by atoms with van der Waals surface area (Å²) in [5.74, 6) is -3.75. The van der Waals surface area contributed by atoms with Crippen LogP contribution >= 0.6 is 0 Å². The van der Waals surface area contributed by atoms with Gasteiger partial charge in [0.25, 0.3) is 5.91 Å². The lowest BCUT2D eigenvalue weighted by Crippen LogP contribution is -2.50. The molecule has 1 aliphatic rings. The highest BCUT2D eigenvalue weighted by Gasteiger charge is 2.31. The third kappa shape index (κ3) is 4.64. The molecule has 1 saturated heterocycles. The number of nitrogens with zero attached hydrogens (tertiary/aromatic N) is 1. The number of carboxylic acid groups (broad SMARTS) is 1. The van der Waals surface area contributed by atoms with Crippen molar-refractivity contribution < 1.29 is 33.0 Å². The van der Waals surface area contributed by atoms with Gasteiger partial charge in [-0.1, -0.05) is 0 Å². The van der Waals surface area contributed by atoms with Gasteiger partial charge in [0.15, 0.2) is 17.7 Å². The second-order valence-electron chi connectivity index (χ2n) is 5.54. The molecule has 0 saturated carbocycles. The summed E-state index contributed by atoms with van der Waals surface area (Å²) in [6.45, 7) is 1.89. The fourth-order valence-electron chi connectivity index (χ4n) is 2.57. The van der Waals surface area contributed by atoms with Crippen molar-refractivity contribution in [1.82, 2.24) is 4.90 Å². The summed E-state index contributed by atoms with van der Waals surface area (Å²) in [4.78, 5) is 24.9. The summed E-state index contributed by atoms with van der Waals surface area (Å²) in [5.41, 5.74) is 0. The Kier molecular flexibility index (Phi) is 6.08. The van der Waals surface area contributed by atoms with E-state index in [0.717, 1.165) is 12.1 Å². The van der Waals surface area contributed by atoms with Crippen LogP contribution in [0.3, 0.4) is 0 Å². The molecule has 1 fully saturated rings. The number of halogens is 2. The van der Waals surface area contributed by atoms with Crippen molar-refractivity contribution in [1.29, 1.82) is 0 Å². The zero-order valence-electron chi connectivity index (χ0n) is 13.2. The van der Waals surface area contributed by atoms with Crippen LogP contribution in [-0.2, 0) is 14.3 Å². The maximum absolute atomic E-state index is 13.2. The molecule has 24 heavy (non-hydrogen) atoms. The van der Waals surface area contributed by atoms with Gasteiger partial charge in [-0.15, -0.1) is 0 Å². The molecule has 1 heterocycles. The number of aliphatic carboxylic acids is 1. The van der Waals surface area contributed by atoms with Crippen molar-refractivity contribution in [2.45, 2.75) is 31.9 Å². The Bertz CT molecular complexity index is 604. The van der Waals surface area contributed by atoms with E-state index in [-0.39, 0.29) is 11.8 Å². The third-order valence-electron chi connectivity index (χ3n) is 3.77. The standard InChI is InChI=1S/C16H19F2NO5/c1-10(24-12-2-3-13(17)14(18)8-12)16(22)19(9-15(20)21)11-4-6-23-7-5-11/h2-3,8,10-11H,4-7,9H2,1H3,(H,20,21)/t10-/m1/s1. The van der Waals surface area contributed by atoms with Crippen LogP contribution in [-0.4, -0.2) is 53.8 Å². The van der Waals surface area contributed by atoms with Crippen molar-refractivity contribution in [2.75, 3.05) is 19.8 Å². The maximum atomic E-state index is 13.2. The highest BCUT2D eigenvalue weighted by molar-refractivity contribution is 5.85. The smallest absolute Gasteiger partial charge is 0.323 e. The van der Waals surface area contributed by atoms with Gasteiger partial charge in [-0.25, -0.2) is 8.78 Å². The monoisotopic (exact) mass is 343 g/mol. The number of hydrogen-bond donors (Lipinski definition) is 1. The molecule has 0 radical (unpaired) electrons. The quantitative estimate of drug-likeness (QED) is 0.853. The summed E-state index contributed by atoms with van der Waals surface area (Å²) in [6.07, 6.45) is 0.0467. The first-order valence-electron chi connectivity index (χ1n) is 7.60. The van der Waals surface area contributed by atoms with Crippen LogP contribution in [0.2, 0.25) is 0 Å². The van der Waals surface area contributed by atoms with Crippen LogP contribution in [0.4, 0.5) is 8.78 Å². The molecule has 1 atom stereocenters. The molecular weight excluding hydrogens is 324 g/mol. The van der Waals surface area contributed by atoms with Crippen LogP contribution in [0.15, 0.2) is 18.2 Å². The number of benzene rings is 1. The largest absolute Gasteiger partial charge is 0.481 e. The van der Waals surface area contributed by atoms with E-state index in [2.05, 4.69) is 0 Å². The predicted octanol–water partition coefficient (Wildman–Crippen LogP) is 1.82. The molecule has 2 rings (SSSR count). The van der Waals surface area contributed by atoms with Crippen molar-refractivity contribution >= 4 is 11.9 Å². The first-order chi connectivity index (χ1) is 11.4. The average Bonchev–Trinajstić information content (AvgIpc) is 2.56. The van der Waals surface area contributed by atoms with Crippen molar-refractivity contribution in [2.24, 2.45) is 0 Å². The molecule has 1 amide bonds. The fourth-order valence-corrected chi connectivity index (χ4v) is 2.57. The Balaban J connectivity index is 2.08. The van der Waals surface area contributed by atoms with Crippen LogP contribution in [0, 0.1) is 11.6 Å². The van der Waals surface area contributed by atoms with Crippen LogP contribution in [0.1, 0.15) is 19.8 Å². The first-order valence-corrected chi connectivity index (χ1v) is 7.60. The Labute approximate surface area is 138 Å². The van der Waals surface area contributed by atoms with Crippen molar-refractivity contribution in [3.8, 4) is 5.75 Å². The molecule has 1 aromatic rings. The number of carbonyl (C=O) groups is 2. The fraction of sp³-hybridized carbons (Fsp3) is 0.500. The summed E-state index contributed by atoms with van der Waals surface area (Å²) < 4.78 is 36.7. The van der Waals surface area contributed by atoms with E-state index in [1.54, 1.807) is 0 Å². The minimum Gasteiger partial charge on any atom is -0.481 e. The minimum atomic E-state index is -1.13. The molecule has 0 aliphatic carbocycles. The van der Waals surface area contributed by atoms with E-state index in [0.29, 0.717) is 26.1 Å². The number of rotatable bonds is 6. The van der Waals surface area contributed by atoms with Crippen LogP contribution < -0.4 is 4.74 Å². The van der Waals surface area contributed by atoms with E-state index in [9.17, 15) is 18.4 Å². The number of ether oxygens (including phenoxy) is 2.